The first-order valence-electron chi connectivity index (χ1n) is 9.98. The average Bonchev–Trinajstić information content (AvgIpc) is 3.20. The summed E-state index contributed by atoms with van der Waals surface area (Å²) >= 11 is 6.25. The molecule has 1 saturated carbocycles. The molecule has 0 bridgehead atoms. The minimum atomic E-state index is -1.17. The molecule has 11 heteroatoms. The number of fused-ring (bicyclic) bond motifs is 1. The van der Waals surface area contributed by atoms with Crippen LogP contribution in [0.4, 0.5) is 10.7 Å². The predicted molar refractivity (Wildman–Crippen MR) is 115 cm³/mol. The van der Waals surface area contributed by atoms with E-state index in [0.29, 0.717) is 51.5 Å². The minimum Gasteiger partial charge on any atom is -0.427 e. The molecular weight excluding hydrogens is 434 g/mol. The highest BCUT2D eigenvalue weighted by atomic mass is 35.5. The van der Waals surface area contributed by atoms with Gasteiger partial charge in [0.05, 0.1) is 16.7 Å². The van der Waals surface area contributed by atoms with E-state index in [-0.39, 0.29) is 12.5 Å². The van der Waals surface area contributed by atoms with E-state index in [9.17, 15) is 15.0 Å². The number of anilines is 1. The summed E-state index contributed by atoms with van der Waals surface area (Å²) in [6, 6.07) is 10.4. The molecule has 32 heavy (non-hydrogen) atoms. The molecule has 3 heterocycles. The number of aromatic nitrogens is 6. The fourth-order valence-corrected chi connectivity index (χ4v) is 4.23. The van der Waals surface area contributed by atoms with Crippen LogP contribution in [0, 0.1) is 0 Å². The second-order valence-electron chi connectivity index (χ2n) is 7.77. The monoisotopic (exact) mass is 452 g/mol. The lowest BCUT2D eigenvalue weighted by molar-refractivity contribution is -0.612. The standard InChI is InChI=1S/C21H18ClN7O3/c22-14-6-2-5-13-17(14)24-19(23)25-18(13)15-11-28(27-26-15)10-12-4-1-7-16(29(12)20(30)31)21(32)8-3-9-21/h1-2,4-7,11,32H,3,8-10H2,(H2-,23,24,25,30,31)/p+1. The molecule has 0 unspecified atom stereocenters. The van der Waals surface area contributed by atoms with Crippen LogP contribution in [0.1, 0.15) is 30.7 Å². The van der Waals surface area contributed by atoms with Gasteiger partial charge in [0.15, 0.2) is 0 Å². The maximum Gasteiger partial charge on any atom is 0.600 e. The quantitative estimate of drug-likeness (QED) is 0.400. The number of rotatable bonds is 4. The molecule has 4 N–H and O–H groups in total. The first-order valence-corrected chi connectivity index (χ1v) is 10.4. The van der Waals surface area contributed by atoms with E-state index in [1.54, 1.807) is 36.5 Å². The second kappa shape index (κ2) is 7.50. The van der Waals surface area contributed by atoms with Crippen LogP contribution in [-0.2, 0) is 12.1 Å². The summed E-state index contributed by atoms with van der Waals surface area (Å²) in [6.45, 7) is 0.127. The van der Waals surface area contributed by atoms with Crippen molar-refractivity contribution in [3.05, 3.63) is 59.0 Å². The number of nitrogen functional groups attached to an aromatic ring is 1. The Balaban J connectivity index is 1.54. The number of halogens is 1. The molecule has 1 fully saturated rings. The Morgan fingerprint density at radius 3 is 2.72 bits per heavy atom. The molecule has 4 aromatic rings. The number of hydrogen-bond acceptors (Lipinski definition) is 7. The molecule has 10 nitrogen and oxygen atoms in total. The zero-order valence-corrected chi connectivity index (χ0v) is 17.6. The van der Waals surface area contributed by atoms with Gasteiger partial charge in [0.1, 0.15) is 23.5 Å². The van der Waals surface area contributed by atoms with Gasteiger partial charge < -0.3 is 15.9 Å². The fourth-order valence-electron chi connectivity index (χ4n) is 4.01. The summed E-state index contributed by atoms with van der Waals surface area (Å²) in [6.07, 6.45) is 2.40. The van der Waals surface area contributed by atoms with Crippen LogP contribution in [0.2, 0.25) is 5.02 Å². The van der Waals surface area contributed by atoms with E-state index in [0.717, 1.165) is 11.0 Å². The summed E-state index contributed by atoms with van der Waals surface area (Å²) in [5, 5.41) is 30.0. The van der Waals surface area contributed by atoms with Crippen molar-refractivity contribution < 1.29 is 19.6 Å². The SMILES string of the molecule is Nc1nc(-c2cn(Cc3cccc(C4(O)CCC4)[n+]3C(=O)O)nn2)c2cccc(Cl)c2n1. The highest BCUT2D eigenvalue weighted by Crippen LogP contribution is 2.39. The van der Waals surface area contributed by atoms with Crippen LogP contribution in [0.5, 0.6) is 0 Å². The Bertz CT molecular complexity index is 1370. The number of nitrogens with two attached hydrogens (primary N) is 1. The Labute approximate surface area is 186 Å². The van der Waals surface area contributed by atoms with E-state index in [2.05, 4.69) is 20.3 Å². The number of pyridine rings is 1. The van der Waals surface area contributed by atoms with Gasteiger partial charge in [0.25, 0.3) is 0 Å². The van der Waals surface area contributed by atoms with Crippen LogP contribution in [0.15, 0.2) is 42.6 Å². The Kier molecular flexibility index (Phi) is 4.75. The van der Waals surface area contributed by atoms with Crippen LogP contribution < -0.4 is 10.3 Å². The summed E-state index contributed by atoms with van der Waals surface area (Å²) in [7, 11) is 0. The largest absolute Gasteiger partial charge is 0.600 e. The third-order valence-corrected chi connectivity index (χ3v) is 6.02. The van der Waals surface area contributed by atoms with Gasteiger partial charge in [-0.3, -0.25) is 0 Å². The molecule has 0 atom stereocenters. The van der Waals surface area contributed by atoms with Crippen molar-refractivity contribution in [1.29, 1.82) is 0 Å². The number of aliphatic hydroxyl groups is 1. The minimum absolute atomic E-state index is 0.0558. The van der Waals surface area contributed by atoms with Crippen LogP contribution >= 0.6 is 11.6 Å². The molecule has 1 aliphatic carbocycles. The Morgan fingerprint density at radius 2 is 2.00 bits per heavy atom. The van der Waals surface area contributed by atoms with Crippen molar-refractivity contribution in [2.75, 3.05) is 5.73 Å². The third-order valence-electron chi connectivity index (χ3n) is 5.72. The molecule has 0 saturated heterocycles. The first kappa shape index (κ1) is 20.3. The summed E-state index contributed by atoms with van der Waals surface area (Å²) in [5.41, 5.74) is 6.98. The maximum atomic E-state index is 12.0. The van der Waals surface area contributed by atoms with Gasteiger partial charge in [-0.2, -0.15) is 4.79 Å². The predicted octanol–water partition coefficient (Wildman–Crippen LogP) is 2.36. The lowest BCUT2D eigenvalue weighted by Crippen LogP contribution is -2.55. The van der Waals surface area contributed by atoms with Gasteiger partial charge in [0, 0.05) is 17.5 Å². The number of nitrogens with zero attached hydrogens (tertiary/aromatic N) is 6. The number of hydrogen-bond donors (Lipinski definition) is 3. The van der Waals surface area contributed by atoms with Crippen LogP contribution in [0.25, 0.3) is 22.3 Å². The van der Waals surface area contributed by atoms with E-state index in [4.69, 9.17) is 17.3 Å². The average molecular weight is 453 g/mol. The molecule has 5 rings (SSSR count). The molecule has 1 aliphatic rings. The van der Waals surface area contributed by atoms with Crippen molar-refractivity contribution >= 4 is 34.5 Å². The maximum absolute atomic E-state index is 12.0. The molecule has 162 valence electrons. The third kappa shape index (κ3) is 3.33. The highest BCUT2D eigenvalue weighted by Gasteiger charge is 2.45. The van der Waals surface area contributed by atoms with Gasteiger partial charge in [-0.15, -0.1) is 5.10 Å². The Morgan fingerprint density at radius 1 is 1.22 bits per heavy atom. The molecular formula is C21H19ClN7O3+. The van der Waals surface area contributed by atoms with E-state index >= 15 is 0 Å². The lowest BCUT2D eigenvalue weighted by Gasteiger charge is -2.33. The Hall–Kier alpha value is -3.63. The number of carboxylic acid groups (broad SMARTS) is 1. The van der Waals surface area contributed by atoms with Gasteiger partial charge >= 0.3 is 6.09 Å². The molecule has 0 spiro atoms. The number of carbonyl (C=O) groups is 1. The number of para-hydroxylation sites is 1. The van der Waals surface area contributed by atoms with Gasteiger partial charge in [0.2, 0.25) is 17.3 Å². The van der Waals surface area contributed by atoms with Gasteiger partial charge in [-0.05, 0) is 31.4 Å². The van der Waals surface area contributed by atoms with E-state index < -0.39 is 11.7 Å². The molecule has 3 aromatic heterocycles. The highest BCUT2D eigenvalue weighted by molar-refractivity contribution is 6.35. The normalized spacial score (nSPS) is 14.9. The van der Waals surface area contributed by atoms with Crippen molar-refractivity contribution in [3.8, 4) is 11.4 Å². The summed E-state index contributed by atoms with van der Waals surface area (Å²) < 4.78 is 2.63. The van der Waals surface area contributed by atoms with E-state index in [1.807, 2.05) is 6.07 Å². The first-order chi connectivity index (χ1) is 15.4. The summed E-state index contributed by atoms with van der Waals surface area (Å²) in [5.74, 6) is 0.0558. The van der Waals surface area contributed by atoms with Crippen molar-refractivity contribution in [3.63, 3.8) is 0 Å². The van der Waals surface area contributed by atoms with Crippen LogP contribution in [0.3, 0.4) is 0 Å². The zero-order chi connectivity index (χ0) is 22.5. The summed E-state index contributed by atoms with van der Waals surface area (Å²) in [4.78, 5) is 20.5. The molecule has 0 amide bonds. The molecule has 0 aliphatic heterocycles. The van der Waals surface area contributed by atoms with Gasteiger partial charge in [-0.1, -0.05) is 33.5 Å². The zero-order valence-electron chi connectivity index (χ0n) is 16.8. The van der Waals surface area contributed by atoms with Crippen molar-refractivity contribution in [2.24, 2.45) is 0 Å². The topological polar surface area (TPSA) is 144 Å². The van der Waals surface area contributed by atoms with Crippen molar-refractivity contribution in [2.45, 2.75) is 31.4 Å². The number of benzene rings is 1. The van der Waals surface area contributed by atoms with Crippen molar-refractivity contribution in [1.82, 2.24) is 25.0 Å². The fraction of sp³-hybridized carbons (Fsp3) is 0.238. The van der Waals surface area contributed by atoms with Crippen LogP contribution in [-0.4, -0.2) is 41.3 Å². The van der Waals surface area contributed by atoms with E-state index in [1.165, 1.54) is 4.68 Å². The second-order valence-corrected chi connectivity index (χ2v) is 8.18. The smallest absolute Gasteiger partial charge is 0.427 e. The molecule has 0 radical (unpaired) electrons. The van der Waals surface area contributed by atoms with Gasteiger partial charge in [-0.25, -0.2) is 14.6 Å². The lowest BCUT2D eigenvalue weighted by atomic mass is 9.77. The molecule has 1 aromatic carbocycles.